The summed E-state index contributed by atoms with van der Waals surface area (Å²) < 4.78 is 6.14. The van der Waals surface area contributed by atoms with Crippen molar-refractivity contribution in [1.29, 1.82) is 0 Å². The second-order valence-electron chi connectivity index (χ2n) is 7.83. The fraction of sp³-hybridized carbons (Fsp3) is 0.526. The number of benzene rings is 1. The Labute approximate surface area is 145 Å². The van der Waals surface area contributed by atoms with E-state index in [4.69, 9.17) is 10.5 Å². The number of aromatic hydroxyl groups is 1. The number of rotatable bonds is 2. The first kappa shape index (κ1) is 15.4. The summed E-state index contributed by atoms with van der Waals surface area (Å²) >= 11 is 0. The Balaban J connectivity index is 1.81. The number of Topliss-reactive ketones (excluding diaryl/α,β-unsaturated/α-hetero) is 1. The summed E-state index contributed by atoms with van der Waals surface area (Å²) in [5, 5.41) is 21.6. The predicted octanol–water partition coefficient (Wildman–Crippen LogP) is 0.0961. The lowest BCUT2D eigenvalue weighted by Gasteiger charge is -2.58. The molecule has 2 aliphatic heterocycles. The molecule has 5 atom stereocenters. The highest BCUT2D eigenvalue weighted by Gasteiger charge is 2.69. The van der Waals surface area contributed by atoms with Crippen LogP contribution in [-0.4, -0.2) is 58.8 Å². The molecule has 2 heterocycles. The molecule has 4 aliphatic rings. The van der Waals surface area contributed by atoms with Crippen LogP contribution in [0.5, 0.6) is 11.5 Å². The maximum absolute atomic E-state index is 12.5. The van der Waals surface area contributed by atoms with Crippen molar-refractivity contribution in [2.75, 3.05) is 20.1 Å². The standard InChI is InChI=1S/C19H22N2O4/c1-21-7-6-18-11-4-5-19(24,14(23)9-20)17(18)25-16-13(22)3-2-10(15(16)18)8-12(11)21/h2-5,11-12,17,22,24H,6-9,20H2,1H3/t11-,12+,17+,18-,19+/m0/s1. The fourth-order valence-electron chi connectivity index (χ4n) is 5.71. The number of carbonyl (C=O) groups is 1. The number of likely N-dealkylation sites (tertiary alicyclic amines) is 1. The Morgan fingerprint density at radius 2 is 2.28 bits per heavy atom. The number of hydrogen-bond donors (Lipinski definition) is 3. The van der Waals surface area contributed by atoms with Gasteiger partial charge in [0, 0.05) is 22.9 Å². The molecule has 6 nitrogen and oxygen atoms in total. The van der Waals surface area contributed by atoms with Crippen molar-refractivity contribution in [3.63, 3.8) is 0 Å². The third-order valence-electron chi connectivity index (χ3n) is 6.86. The number of ketones is 1. The number of likely N-dealkylation sites (N-methyl/N-ethyl adjacent to an activating group) is 1. The molecule has 132 valence electrons. The zero-order valence-electron chi connectivity index (χ0n) is 14.1. The fourth-order valence-corrected chi connectivity index (χ4v) is 5.71. The minimum Gasteiger partial charge on any atom is -0.504 e. The number of ether oxygens (including phenoxy) is 1. The Bertz CT molecular complexity index is 822. The van der Waals surface area contributed by atoms with Gasteiger partial charge < -0.3 is 25.6 Å². The molecule has 2 aliphatic carbocycles. The van der Waals surface area contributed by atoms with E-state index in [2.05, 4.69) is 11.9 Å². The van der Waals surface area contributed by atoms with Gasteiger partial charge in [0.25, 0.3) is 0 Å². The van der Waals surface area contributed by atoms with Crippen LogP contribution in [0.15, 0.2) is 24.3 Å². The van der Waals surface area contributed by atoms with E-state index in [9.17, 15) is 15.0 Å². The molecular weight excluding hydrogens is 320 g/mol. The van der Waals surface area contributed by atoms with E-state index in [0.717, 1.165) is 30.5 Å². The van der Waals surface area contributed by atoms with Crippen LogP contribution in [0, 0.1) is 5.92 Å². The first-order chi connectivity index (χ1) is 11.9. The zero-order chi connectivity index (χ0) is 17.6. The molecule has 1 aromatic carbocycles. The largest absolute Gasteiger partial charge is 0.504 e. The summed E-state index contributed by atoms with van der Waals surface area (Å²) in [6, 6.07) is 3.89. The number of hydrogen-bond acceptors (Lipinski definition) is 6. The summed E-state index contributed by atoms with van der Waals surface area (Å²) in [7, 11) is 2.12. The molecule has 4 N–H and O–H groups in total. The minimum absolute atomic E-state index is 0.0706. The smallest absolute Gasteiger partial charge is 0.185 e. The molecule has 0 unspecified atom stereocenters. The molecule has 25 heavy (non-hydrogen) atoms. The van der Waals surface area contributed by atoms with Gasteiger partial charge in [-0.1, -0.05) is 12.1 Å². The van der Waals surface area contributed by atoms with Gasteiger partial charge >= 0.3 is 0 Å². The number of aliphatic hydroxyl groups is 1. The van der Waals surface area contributed by atoms with Crippen molar-refractivity contribution in [3.05, 3.63) is 35.4 Å². The van der Waals surface area contributed by atoms with Crippen LogP contribution in [0.1, 0.15) is 17.5 Å². The average Bonchev–Trinajstić information content (AvgIpc) is 2.97. The van der Waals surface area contributed by atoms with Gasteiger partial charge in [-0.2, -0.15) is 0 Å². The van der Waals surface area contributed by atoms with Gasteiger partial charge in [-0.05, 0) is 44.1 Å². The van der Waals surface area contributed by atoms with Gasteiger partial charge in [-0.25, -0.2) is 0 Å². The molecule has 1 fully saturated rings. The zero-order valence-corrected chi connectivity index (χ0v) is 14.1. The molecular formula is C19H22N2O4. The van der Waals surface area contributed by atoms with Crippen LogP contribution < -0.4 is 10.5 Å². The van der Waals surface area contributed by atoms with E-state index in [0.29, 0.717) is 5.75 Å². The third kappa shape index (κ3) is 1.58. The Morgan fingerprint density at radius 3 is 3.04 bits per heavy atom. The number of phenols is 1. The summed E-state index contributed by atoms with van der Waals surface area (Å²) in [6.45, 7) is 0.607. The number of carbonyl (C=O) groups excluding carboxylic acids is 1. The van der Waals surface area contributed by atoms with E-state index in [-0.39, 0.29) is 24.3 Å². The Morgan fingerprint density at radius 1 is 1.48 bits per heavy atom. The Kier molecular flexibility index (Phi) is 2.85. The van der Waals surface area contributed by atoms with Crippen molar-refractivity contribution in [2.24, 2.45) is 11.7 Å². The van der Waals surface area contributed by atoms with E-state index in [1.54, 1.807) is 12.1 Å². The normalized spacial score (nSPS) is 40.5. The van der Waals surface area contributed by atoms with Crippen molar-refractivity contribution in [3.8, 4) is 11.5 Å². The lowest BCUT2D eigenvalue weighted by Crippen LogP contribution is -2.70. The number of phenolic OH excluding ortho intramolecular Hbond substituents is 1. The topological polar surface area (TPSA) is 96.0 Å². The molecule has 0 amide bonds. The first-order valence-corrected chi connectivity index (χ1v) is 8.81. The maximum Gasteiger partial charge on any atom is 0.185 e. The van der Waals surface area contributed by atoms with Gasteiger partial charge in [-0.3, -0.25) is 4.79 Å². The third-order valence-corrected chi connectivity index (χ3v) is 6.86. The van der Waals surface area contributed by atoms with Gasteiger partial charge in [0.1, 0.15) is 6.10 Å². The monoisotopic (exact) mass is 342 g/mol. The van der Waals surface area contributed by atoms with Crippen LogP contribution in [-0.2, 0) is 16.6 Å². The van der Waals surface area contributed by atoms with Crippen molar-refractivity contribution in [1.82, 2.24) is 4.90 Å². The second kappa shape index (κ2) is 4.63. The van der Waals surface area contributed by atoms with E-state index in [1.165, 1.54) is 0 Å². The summed E-state index contributed by atoms with van der Waals surface area (Å²) in [4.78, 5) is 14.9. The van der Waals surface area contributed by atoms with Gasteiger partial charge in [0.15, 0.2) is 22.9 Å². The van der Waals surface area contributed by atoms with Crippen LogP contribution in [0.2, 0.25) is 0 Å². The summed E-state index contributed by atoms with van der Waals surface area (Å²) in [6.07, 6.45) is 4.45. The Hall–Kier alpha value is -1.89. The van der Waals surface area contributed by atoms with Crippen LogP contribution >= 0.6 is 0 Å². The van der Waals surface area contributed by atoms with Gasteiger partial charge in [-0.15, -0.1) is 0 Å². The van der Waals surface area contributed by atoms with Crippen LogP contribution in [0.4, 0.5) is 0 Å². The highest BCUT2D eigenvalue weighted by Crippen LogP contribution is 2.63. The average molecular weight is 342 g/mol. The quantitative estimate of drug-likeness (QED) is 0.660. The SMILES string of the molecule is CN1CC[C@]23c4c5ccc(O)c4O[C@H]2[C@](O)(C(=O)CN)C=C[C@H]3[C@H]1C5. The molecule has 1 saturated heterocycles. The molecule has 0 aromatic heterocycles. The second-order valence-corrected chi connectivity index (χ2v) is 7.83. The number of piperidine rings is 1. The molecule has 5 rings (SSSR count). The van der Waals surface area contributed by atoms with Gasteiger partial charge in [0.2, 0.25) is 0 Å². The van der Waals surface area contributed by atoms with E-state index >= 15 is 0 Å². The molecule has 0 saturated carbocycles. The van der Waals surface area contributed by atoms with Crippen molar-refractivity contribution < 1.29 is 19.7 Å². The first-order valence-electron chi connectivity index (χ1n) is 8.81. The van der Waals surface area contributed by atoms with E-state index < -0.39 is 22.9 Å². The lowest BCUT2D eigenvalue weighted by molar-refractivity contribution is -0.149. The van der Waals surface area contributed by atoms with E-state index in [1.807, 2.05) is 12.1 Å². The van der Waals surface area contributed by atoms with Crippen LogP contribution in [0.25, 0.3) is 0 Å². The van der Waals surface area contributed by atoms with Crippen molar-refractivity contribution >= 4 is 5.78 Å². The van der Waals surface area contributed by atoms with Crippen LogP contribution in [0.3, 0.4) is 0 Å². The van der Waals surface area contributed by atoms with Gasteiger partial charge in [0.05, 0.1) is 6.54 Å². The predicted molar refractivity (Wildman–Crippen MR) is 90.6 cm³/mol. The molecule has 0 radical (unpaired) electrons. The molecule has 1 aromatic rings. The summed E-state index contributed by atoms with van der Waals surface area (Å²) in [5.41, 5.74) is 5.45. The highest BCUT2D eigenvalue weighted by molar-refractivity contribution is 5.92. The maximum atomic E-state index is 12.5. The summed E-state index contributed by atoms with van der Waals surface area (Å²) in [5.74, 6) is 0.192. The molecule has 1 spiro atoms. The minimum atomic E-state index is -1.76. The number of nitrogens with two attached hydrogens (primary N) is 1. The highest BCUT2D eigenvalue weighted by atomic mass is 16.5. The molecule has 2 bridgehead atoms. The number of nitrogens with zero attached hydrogens (tertiary/aromatic N) is 1. The molecule has 6 heteroatoms. The lowest BCUT2D eigenvalue weighted by atomic mass is 9.51. The van der Waals surface area contributed by atoms with Crippen molar-refractivity contribution in [2.45, 2.75) is 36.0 Å².